The Morgan fingerprint density at radius 2 is 1.51 bits per heavy atom. The molecule has 7 aliphatic rings. The lowest BCUT2D eigenvalue weighted by Gasteiger charge is -2.43. The van der Waals surface area contributed by atoms with E-state index in [1.165, 1.54) is 17.1 Å². The first-order valence-electron chi connectivity index (χ1n) is 40.0. The predicted molar refractivity (Wildman–Crippen MR) is 420 cm³/mol. The quantitative estimate of drug-likeness (QED) is 0.0139. The van der Waals surface area contributed by atoms with E-state index in [0.29, 0.717) is 137 Å². The number of likely N-dealkylation sites (tertiary alicyclic amines) is 2. The zero-order valence-corrected chi connectivity index (χ0v) is 64.9. The van der Waals surface area contributed by atoms with Gasteiger partial charge in [-0.25, -0.2) is 4.98 Å². The van der Waals surface area contributed by atoms with Gasteiger partial charge >= 0.3 is 0 Å². The number of nitrogens with zero attached hydrogens (tertiary/aromatic N) is 11. The largest absolute Gasteiger partial charge is 0.488 e. The predicted octanol–water partition coefficient (Wildman–Crippen LogP) is 9.03. The van der Waals surface area contributed by atoms with Crippen LogP contribution in [0, 0.1) is 22.7 Å². The fourth-order valence-electron chi connectivity index (χ4n) is 16.5. The minimum absolute atomic E-state index is 0.0151. The first-order chi connectivity index (χ1) is 54.3. The molecule has 28 nitrogen and oxygen atoms in total. The molecule has 5 aliphatic heterocycles. The van der Waals surface area contributed by atoms with E-state index >= 15 is 0 Å². The second-order valence-corrected chi connectivity index (χ2v) is 31.6. The number of nitrogens with one attached hydrogen (secondary N) is 4. The topological polar surface area (TPSA) is 338 Å². The molecule has 4 saturated heterocycles. The highest BCUT2D eigenvalue weighted by molar-refractivity contribution is 6.13. The molecule has 6 atom stereocenters. The number of fused-ring (bicyclic) bond motifs is 2. The molecular formula is C84H106N16O12. The Bertz CT molecular complexity index is 4330. The van der Waals surface area contributed by atoms with Crippen molar-refractivity contribution in [1.82, 2.24) is 55.9 Å². The molecule has 6 fully saturated rings. The van der Waals surface area contributed by atoms with Crippen LogP contribution in [-0.4, -0.2) is 203 Å². The number of ether oxygens (including phenoxy) is 4. The molecule has 6 N–H and O–H groups in total. The van der Waals surface area contributed by atoms with E-state index in [0.717, 1.165) is 112 Å². The Kier molecular flexibility index (Phi) is 26.1. The van der Waals surface area contributed by atoms with Crippen LogP contribution in [0.5, 0.6) is 17.5 Å². The van der Waals surface area contributed by atoms with Crippen LogP contribution < -0.4 is 51.0 Å². The van der Waals surface area contributed by atoms with Gasteiger partial charge in [0.15, 0.2) is 11.6 Å². The Morgan fingerprint density at radius 3 is 2.22 bits per heavy atom. The maximum absolute atomic E-state index is 14.2. The molecule has 8 heterocycles. The van der Waals surface area contributed by atoms with E-state index in [9.17, 15) is 38.8 Å². The summed E-state index contributed by atoms with van der Waals surface area (Å²) in [5, 5.41) is 34.5. The second-order valence-electron chi connectivity index (χ2n) is 31.6. The Morgan fingerprint density at radius 1 is 0.759 bits per heavy atom. The number of anilines is 4. The van der Waals surface area contributed by atoms with E-state index < -0.39 is 29.3 Å². The molecule has 594 valence electrons. The van der Waals surface area contributed by atoms with Crippen LogP contribution in [-0.2, 0) is 44.9 Å². The van der Waals surface area contributed by atoms with E-state index in [2.05, 4.69) is 79.4 Å². The van der Waals surface area contributed by atoms with Crippen molar-refractivity contribution in [1.29, 1.82) is 5.26 Å². The molecule has 2 saturated carbocycles. The minimum atomic E-state index is -1.26. The third-order valence-corrected chi connectivity index (χ3v) is 23.1. The van der Waals surface area contributed by atoms with Gasteiger partial charge in [0, 0.05) is 125 Å². The van der Waals surface area contributed by atoms with Crippen LogP contribution in [0.4, 0.5) is 22.9 Å². The molecule has 0 radical (unpaired) electrons. The molecule has 2 bridgehead atoms. The first kappa shape index (κ1) is 79.6. The SMILES string of the molecule is CC(C)[C@@H](C(=O)N1CCC[C@H]1C(=O)N[C@@H](C)c1ccc(C#N)cc1)c1cc(OCCN2CCC(OC3CC(Oc4cc(N5C6CCC5CN(c5cc(-c7ccccc7OCc7ccc(NC(=O)[C@H](CCCCN(C)C)NC(=O)C8(C(=O)NCCCCCN9C(=O)C=CC9=O)CCC8)cc7)nnc5N)C6)ccn4)C3)CC2)no1. The van der Waals surface area contributed by atoms with E-state index in [1.807, 2.05) is 95.7 Å². The summed E-state index contributed by atoms with van der Waals surface area (Å²) in [6.45, 7) is 12.3. The fourth-order valence-corrected chi connectivity index (χ4v) is 16.5. The number of carbonyl (C=O) groups excluding carboxylic acids is 7. The zero-order valence-electron chi connectivity index (χ0n) is 64.9. The van der Waals surface area contributed by atoms with Gasteiger partial charge in [0.25, 0.3) is 17.7 Å². The number of nitrogen functional groups attached to an aromatic ring is 1. The molecule has 3 aromatic carbocycles. The minimum Gasteiger partial charge on any atom is -0.488 e. The summed E-state index contributed by atoms with van der Waals surface area (Å²) in [4.78, 5) is 110. The Hall–Kier alpha value is -10.5. The number of imide groups is 1. The second kappa shape index (κ2) is 36.8. The maximum Gasteiger partial charge on any atom is 0.254 e. The van der Waals surface area contributed by atoms with Crippen molar-refractivity contribution >= 4 is 64.2 Å². The summed E-state index contributed by atoms with van der Waals surface area (Å²) in [7, 11) is 3.98. The number of hydrogen-bond donors (Lipinski definition) is 5. The van der Waals surface area contributed by atoms with Crippen molar-refractivity contribution in [2.75, 3.05) is 100 Å². The molecule has 0 spiro atoms. The van der Waals surface area contributed by atoms with Crippen molar-refractivity contribution in [2.45, 2.75) is 191 Å². The van der Waals surface area contributed by atoms with Gasteiger partial charge in [0.2, 0.25) is 35.4 Å². The van der Waals surface area contributed by atoms with Crippen LogP contribution in [0.15, 0.2) is 120 Å². The van der Waals surface area contributed by atoms with Crippen LogP contribution >= 0.6 is 0 Å². The number of benzene rings is 3. The highest BCUT2D eigenvalue weighted by Gasteiger charge is 2.52. The number of hydrogen-bond acceptors (Lipinski definition) is 22. The number of nitrogens with two attached hydrogens (primary N) is 1. The third kappa shape index (κ3) is 19.3. The van der Waals surface area contributed by atoms with Gasteiger partial charge in [-0.3, -0.25) is 43.4 Å². The highest BCUT2D eigenvalue weighted by Crippen LogP contribution is 2.44. The molecule has 28 heteroatoms. The molecule has 2 aliphatic carbocycles. The lowest BCUT2D eigenvalue weighted by atomic mass is 9.67. The van der Waals surface area contributed by atoms with E-state index in [4.69, 9.17) is 29.2 Å². The average Bonchev–Trinajstić information content (AvgIpc) is 1.65. The molecule has 3 aromatic heterocycles. The molecule has 13 rings (SSSR count). The third-order valence-electron chi connectivity index (χ3n) is 23.1. The number of amides is 7. The number of piperidine rings is 1. The van der Waals surface area contributed by atoms with Gasteiger partial charge in [-0.05, 0) is 188 Å². The summed E-state index contributed by atoms with van der Waals surface area (Å²) in [5.74, 6) is -0.616. The van der Waals surface area contributed by atoms with Gasteiger partial charge in [-0.1, -0.05) is 56.7 Å². The lowest BCUT2D eigenvalue weighted by Crippen LogP contribution is -2.58. The van der Waals surface area contributed by atoms with Crippen LogP contribution in [0.3, 0.4) is 0 Å². The standard InChI is InChI=1S/C84H106N16O12/c1-54(2)77(81(105)98-40-13-17-69(98)80(104)89-55(3)58-23-19-56(50-85)20-24-58)72-49-74(94-112-72)108-44-43-96-41-32-63(33-42-96)110-64-46-65(47-64)111-73-45-60(31-37-87-73)100-61-27-28-62(100)52-97(51-61)70-48-68(92-93-78(70)86)66-15-7-8-18-71(66)109-53-57-21-25-59(26-22-57)90-79(103)67(16-9-12-38-95(4)5)91-83(107)84(34-14-35-84)82(106)88-36-10-6-11-39-99-75(101)29-30-76(99)102/h7-8,15,18-26,29-31,37,45,48-49,54-55,61-65,67,69,77H,6,9-14,16-17,27-28,32-36,38-44,46-47,51-53H2,1-5H3,(H2,86,93)(H,88,106)(H,89,104)(H,90,103)(H,91,107)/t55-,61?,62?,64?,65?,67-,69-,77+/m0/s1. The average molecular weight is 1530 g/mol. The van der Waals surface area contributed by atoms with Crippen LogP contribution in [0.1, 0.15) is 164 Å². The van der Waals surface area contributed by atoms with Crippen LogP contribution in [0.2, 0.25) is 0 Å². The Labute approximate surface area is 654 Å². The summed E-state index contributed by atoms with van der Waals surface area (Å²) in [5.41, 5.74) is 11.5. The summed E-state index contributed by atoms with van der Waals surface area (Å²) >= 11 is 0. The van der Waals surface area contributed by atoms with Gasteiger partial charge < -0.3 is 70.1 Å². The number of nitriles is 1. The summed E-state index contributed by atoms with van der Waals surface area (Å²) in [6, 6.07) is 30.9. The number of para-hydroxylation sites is 1. The number of rotatable bonds is 36. The van der Waals surface area contributed by atoms with Crippen molar-refractivity contribution in [2.24, 2.45) is 11.3 Å². The van der Waals surface area contributed by atoms with E-state index in [1.54, 1.807) is 35.2 Å². The number of piperazine rings is 1. The first-order valence-corrected chi connectivity index (χ1v) is 40.0. The number of carbonyl (C=O) groups is 7. The van der Waals surface area contributed by atoms with Crippen molar-refractivity contribution in [3.8, 4) is 34.8 Å². The van der Waals surface area contributed by atoms with Gasteiger partial charge in [0.1, 0.15) is 48.5 Å². The van der Waals surface area contributed by atoms with Gasteiger partial charge in [-0.2, -0.15) is 5.26 Å². The normalized spacial score (nSPS) is 20.9. The van der Waals surface area contributed by atoms with Gasteiger partial charge in [-0.15, -0.1) is 10.2 Å². The highest BCUT2D eigenvalue weighted by atomic mass is 16.5. The zero-order chi connectivity index (χ0) is 78.4. The monoisotopic (exact) mass is 1530 g/mol. The lowest BCUT2D eigenvalue weighted by molar-refractivity contribution is -0.151. The molecule has 7 amide bonds. The molecular weight excluding hydrogens is 1430 g/mol. The van der Waals surface area contributed by atoms with Crippen LogP contribution in [0.25, 0.3) is 11.3 Å². The van der Waals surface area contributed by atoms with Crippen molar-refractivity contribution in [3.05, 3.63) is 138 Å². The number of unbranched alkanes of at least 4 members (excludes halogenated alkanes) is 3. The Balaban J connectivity index is 0.531. The summed E-state index contributed by atoms with van der Waals surface area (Å²) < 4.78 is 31.5. The molecule has 6 aromatic rings. The molecule has 2 unspecified atom stereocenters. The van der Waals surface area contributed by atoms with Crippen molar-refractivity contribution in [3.63, 3.8) is 0 Å². The smallest absolute Gasteiger partial charge is 0.254 e. The van der Waals surface area contributed by atoms with Gasteiger partial charge in [0.05, 0.1) is 41.3 Å². The van der Waals surface area contributed by atoms with Crippen molar-refractivity contribution < 1.29 is 57.0 Å². The number of pyridine rings is 1. The maximum atomic E-state index is 14.2. The molecule has 112 heavy (non-hydrogen) atoms. The summed E-state index contributed by atoms with van der Waals surface area (Å²) in [6.07, 6.45) is 16.7. The fraction of sp³-hybridized carbons (Fsp3) is 0.524. The van der Waals surface area contributed by atoms with E-state index in [-0.39, 0.29) is 84.4 Å². The number of aromatic nitrogens is 4.